The first-order chi connectivity index (χ1) is 16.4. The summed E-state index contributed by atoms with van der Waals surface area (Å²) < 4.78 is 5.92. The van der Waals surface area contributed by atoms with Crippen molar-refractivity contribution in [2.45, 2.75) is 74.1 Å². The predicted molar refractivity (Wildman–Crippen MR) is 145 cm³/mol. The van der Waals surface area contributed by atoms with Crippen LogP contribution in [0.4, 0.5) is 0 Å². The fourth-order valence-electron chi connectivity index (χ4n) is 2.98. The van der Waals surface area contributed by atoms with E-state index in [2.05, 4.69) is 37.0 Å². The van der Waals surface area contributed by atoms with Gasteiger partial charge >= 0.3 is 0 Å². The van der Waals surface area contributed by atoms with Gasteiger partial charge in [0.05, 0.1) is 0 Å². The minimum absolute atomic E-state index is 0. The van der Waals surface area contributed by atoms with Gasteiger partial charge in [0.1, 0.15) is 5.76 Å². The standard InChI is InChI=1S/C18H16NO.C13H24O2.Ir/c1-13(2)17-12-14-8-6-7-11-16(14)18(19-17)20-15-9-4-3-5-10-15;1-7-12(3,4)10(14)9-11(15)13(5,6)8-2;/h3-9,11-13H,1-2H3;9,14H,7-8H2,1-6H3;/q-1;;/b;10-9-;. The van der Waals surface area contributed by atoms with Gasteiger partial charge in [-0.25, -0.2) is 4.98 Å². The van der Waals surface area contributed by atoms with Crippen LogP contribution < -0.4 is 4.74 Å². The SMILES string of the molecule is CC(C)c1cc2ccccc2c(Oc2[c-]cccc2)n1.CCC(C)(C)C(=O)/C=C(\O)C(C)(C)CC.[Ir]. The van der Waals surface area contributed by atoms with E-state index in [0.717, 1.165) is 29.3 Å². The molecule has 5 heteroatoms. The summed E-state index contributed by atoms with van der Waals surface area (Å²) in [6.07, 6.45) is 2.99. The smallest absolute Gasteiger partial charge is 0.224 e. The molecule has 36 heavy (non-hydrogen) atoms. The molecule has 4 nitrogen and oxygen atoms in total. The number of ketones is 1. The number of allylic oxidation sites excluding steroid dienone is 2. The molecule has 0 unspecified atom stereocenters. The van der Waals surface area contributed by atoms with Crippen LogP contribution in [0.2, 0.25) is 0 Å². The van der Waals surface area contributed by atoms with E-state index in [1.807, 2.05) is 84.0 Å². The second kappa shape index (κ2) is 13.7. The van der Waals surface area contributed by atoms with Crippen LogP contribution in [0, 0.1) is 16.9 Å². The van der Waals surface area contributed by atoms with Gasteiger partial charge in [-0.15, -0.1) is 12.1 Å². The number of carbonyl (C=O) groups excluding carboxylic acids is 1. The van der Waals surface area contributed by atoms with E-state index in [1.54, 1.807) is 0 Å². The van der Waals surface area contributed by atoms with Crippen molar-refractivity contribution in [2.75, 3.05) is 0 Å². The Morgan fingerprint density at radius 1 is 1.03 bits per heavy atom. The zero-order valence-electron chi connectivity index (χ0n) is 22.8. The molecule has 0 aliphatic carbocycles. The van der Waals surface area contributed by atoms with Crippen molar-refractivity contribution in [3.05, 3.63) is 78.2 Å². The first-order valence-electron chi connectivity index (χ1n) is 12.4. The summed E-state index contributed by atoms with van der Waals surface area (Å²) in [6, 6.07) is 20.9. The van der Waals surface area contributed by atoms with Crippen molar-refractivity contribution in [1.82, 2.24) is 4.98 Å². The minimum atomic E-state index is -0.377. The summed E-state index contributed by atoms with van der Waals surface area (Å²) in [5.41, 5.74) is 0.353. The summed E-state index contributed by atoms with van der Waals surface area (Å²) in [5, 5.41) is 12.0. The van der Waals surface area contributed by atoms with Crippen LogP contribution in [0.1, 0.15) is 79.8 Å². The maximum atomic E-state index is 11.8. The van der Waals surface area contributed by atoms with E-state index >= 15 is 0 Å². The van der Waals surface area contributed by atoms with E-state index < -0.39 is 0 Å². The molecule has 0 aliphatic heterocycles. The number of fused-ring (bicyclic) bond motifs is 1. The Kier molecular flexibility index (Phi) is 12.0. The Morgan fingerprint density at radius 3 is 2.19 bits per heavy atom. The van der Waals surface area contributed by atoms with Crippen molar-refractivity contribution in [3.8, 4) is 11.6 Å². The van der Waals surface area contributed by atoms with Gasteiger partial charge in [0, 0.05) is 53.8 Å². The van der Waals surface area contributed by atoms with Gasteiger partial charge in [-0.2, -0.15) is 18.2 Å². The number of para-hydroxylation sites is 1. The van der Waals surface area contributed by atoms with E-state index in [9.17, 15) is 9.90 Å². The number of nitrogens with zero attached hydrogens (tertiary/aromatic N) is 1. The Hall–Kier alpha value is -2.49. The molecule has 1 radical (unpaired) electrons. The summed E-state index contributed by atoms with van der Waals surface area (Å²) >= 11 is 0. The van der Waals surface area contributed by atoms with Crippen LogP contribution in [-0.4, -0.2) is 15.9 Å². The average Bonchev–Trinajstić information content (AvgIpc) is 2.84. The number of hydrogen-bond acceptors (Lipinski definition) is 4. The summed E-state index contributed by atoms with van der Waals surface area (Å²) in [4.78, 5) is 16.5. The van der Waals surface area contributed by atoms with Crippen LogP contribution in [0.5, 0.6) is 11.6 Å². The largest absolute Gasteiger partial charge is 0.512 e. The van der Waals surface area contributed by atoms with Gasteiger partial charge in [0.25, 0.3) is 0 Å². The van der Waals surface area contributed by atoms with Gasteiger partial charge in [-0.05, 0) is 36.3 Å². The maximum absolute atomic E-state index is 11.8. The first-order valence-corrected chi connectivity index (χ1v) is 12.4. The van der Waals surface area contributed by atoms with Crippen LogP contribution in [0.15, 0.2) is 66.4 Å². The molecule has 0 saturated heterocycles. The molecule has 0 bridgehead atoms. The monoisotopic (exact) mass is 667 g/mol. The van der Waals surface area contributed by atoms with Crippen molar-refractivity contribution >= 4 is 16.6 Å². The Labute approximate surface area is 230 Å². The zero-order chi connectivity index (χ0) is 26.2. The third-order valence-electron chi connectivity index (χ3n) is 6.60. The first kappa shape index (κ1) is 31.5. The minimum Gasteiger partial charge on any atom is -0.512 e. The van der Waals surface area contributed by atoms with E-state index in [0.29, 0.717) is 17.5 Å². The predicted octanol–water partition coefficient (Wildman–Crippen LogP) is 8.82. The van der Waals surface area contributed by atoms with E-state index in [4.69, 9.17) is 4.74 Å². The summed E-state index contributed by atoms with van der Waals surface area (Å²) in [5.74, 6) is 1.89. The molecule has 1 heterocycles. The maximum Gasteiger partial charge on any atom is 0.224 e. The topological polar surface area (TPSA) is 59.4 Å². The van der Waals surface area contributed by atoms with E-state index in [1.165, 1.54) is 6.08 Å². The molecule has 0 aliphatic rings. The number of benzene rings is 2. The molecular formula is C31H40IrNO3-. The van der Waals surface area contributed by atoms with Crippen molar-refractivity contribution < 1.29 is 34.7 Å². The molecule has 0 amide bonds. The van der Waals surface area contributed by atoms with Crippen LogP contribution >= 0.6 is 0 Å². The number of rotatable bonds is 8. The molecule has 0 saturated carbocycles. The number of hydrogen-bond donors (Lipinski definition) is 1. The fourth-order valence-corrected chi connectivity index (χ4v) is 2.98. The van der Waals surface area contributed by atoms with Crippen LogP contribution in [0.25, 0.3) is 10.8 Å². The third kappa shape index (κ3) is 8.57. The second-order valence-electron chi connectivity index (χ2n) is 10.4. The Bertz CT molecular complexity index is 1150. The van der Waals surface area contributed by atoms with Gasteiger partial charge in [-0.1, -0.05) is 73.6 Å². The fraction of sp³-hybridized carbons (Fsp3) is 0.419. The number of ether oxygens (including phenoxy) is 1. The van der Waals surface area contributed by atoms with Crippen molar-refractivity contribution in [2.24, 2.45) is 10.8 Å². The number of aliphatic hydroxyl groups is 1. The molecule has 197 valence electrons. The van der Waals surface area contributed by atoms with Crippen molar-refractivity contribution in [1.29, 1.82) is 0 Å². The molecule has 0 spiro atoms. The van der Waals surface area contributed by atoms with Gasteiger partial charge in [0.15, 0.2) is 5.78 Å². The Balaban J connectivity index is 0.000000367. The molecule has 3 rings (SSSR count). The average molecular weight is 667 g/mol. The molecular weight excluding hydrogens is 627 g/mol. The number of carbonyl (C=O) groups is 1. The van der Waals surface area contributed by atoms with E-state index in [-0.39, 0.29) is 42.5 Å². The summed E-state index contributed by atoms with van der Waals surface area (Å²) in [6.45, 7) is 15.9. The normalized spacial score (nSPS) is 12.0. The molecule has 2 aromatic carbocycles. The molecule has 1 N–H and O–H groups in total. The molecule has 3 aromatic rings. The third-order valence-corrected chi connectivity index (χ3v) is 6.60. The van der Waals surface area contributed by atoms with Gasteiger partial charge in [-0.3, -0.25) is 4.79 Å². The van der Waals surface area contributed by atoms with Crippen molar-refractivity contribution in [3.63, 3.8) is 0 Å². The Morgan fingerprint density at radius 2 is 1.64 bits per heavy atom. The van der Waals surface area contributed by atoms with Gasteiger partial charge < -0.3 is 9.84 Å². The molecule has 1 aromatic heterocycles. The molecule has 0 atom stereocenters. The van der Waals surface area contributed by atoms with Crippen LogP contribution in [-0.2, 0) is 24.9 Å². The second-order valence-corrected chi connectivity index (χ2v) is 10.4. The number of aromatic nitrogens is 1. The van der Waals surface area contributed by atoms with Crippen LogP contribution in [0.3, 0.4) is 0 Å². The molecule has 0 fully saturated rings. The quantitative estimate of drug-likeness (QED) is 0.148. The number of pyridine rings is 1. The van der Waals surface area contributed by atoms with Gasteiger partial charge in [0.2, 0.25) is 5.88 Å². The summed E-state index contributed by atoms with van der Waals surface area (Å²) in [7, 11) is 0. The number of aliphatic hydroxyl groups excluding tert-OH is 1. The zero-order valence-corrected chi connectivity index (χ0v) is 25.2.